The van der Waals surface area contributed by atoms with Crippen molar-refractivity contribution in [2.45, 2.75) is 23.5 Å². The van der Waals surface area contributed by atoms with Gasteiger partial charge in [-0.3, -0.25) is 14.6 Å². The maximum atomic E-state index is 13.9. The Kier molecular flexibility index (Phi) is 7.34. The number of anilines is 1. The summed E-state index contributed by atoms with van der Waals surface area (Å²) in [6, 6.07) is 14.6. The third kappa shape index (κ3) is 5.96. The number of piperidine rings is 1. The number of hydrogen-bond donors (Lipinski definition) is 1. The van der Waals surface area contributed by atoms with Crippen LogP contribution in [0.5, 0.6) is 0 Å². The maximum Gasteiger partial charge on any atom is 0.256 e. The zero-order chi connectivity index (χ0) is 23.2. The van der Waals surface area contributed by atoms with Crippen LogP contribution in [0.3, 0.4) is 0 Å². The van der Waals surface area contributed by atoms with Crippen LogP contribution in [0.4, 0.5) is 14.5 Å². The SMILES string of the molecule is O=C(Nc1ccc(SCc2cccnc2)cc1)C1CCN(C(=O)c2ccc(F)cc2F)CC1. The molecule has 1 saturated heterocycles. The van der Waals surface area contributed by atoms with Gasteiger partial charge < -0.3 is 10.2 Å². The number of likely N-dealkylation sites (tertiary alicyclic amines) is 1. The Morgan fingerprint density at radius 3 is 2.48 bits per heavy atom. The van der Waals surface area contributed by atoms with E-state index in [4.69, 9.17) is 0 Å². The van der Waals surface area contributed by atoms with Crippen LogP contribution in [0.15, 0.2) is 71.9 Å². The summed E-state index contributed by atoms with van der Waals surface area (Å²) in [5.74, 6) is -1.58. The molecule has 0 radical (unpaired) electrons. The number of amides is 2. The van der Waals surface area contributed by atoms with Gasteiger partial charge in [0.1, 0.15) is 11.6 Å². The zero-order valence-corrected chi connectivity index (χ0v) is 18.7. The number of hydrogen-bond acceptors (Lipinski definition) is 4. The third-order valence-corrected chi connectivity index (χ3v) is 6.65. The first-order chi connectivity index (χ1) is 16.0. The van der Waals surface area contributed by atoms with E-state index in [1.54, 1.807) is 18.0 Å². The number of rotatable bonds is 6. The summed E-state index contributed by atoms with van der Waals surface area (Å²) in [7, 11) is 0. The zero-order valence-electron chi connectivity index (χ0n) is 17.8. The van der Waals surface area contributed by atoms with Crippen molar-refractivity contribution in [1.82, 2.24) is 9.88 Å². The molecular weight excluding hydrogens is 444 g/mol. The molecule has 2 aromatic carbocycles. The highest BCUT2D eigenvalue weighted by Crippen LogP contribution is 2.25. The first kappa shape index (κ1) is 22.9. The van der Waals surface area contributed by atoms with Gasteiger partial charge in [0.05, 0.1) is 5.56 Å². The van der Waals surface area contributed by atoms with Gasteiger partial charge in [-0.1, -0.05) is 6.07 Å². The lowest BCUT2D eigenvalue weighted by atomic mass is 9.95. The van der Waals surface area contributed by atoms with Crippen molar-refractivity contribution in [3.05, 3.63) is 89.8 Å². The molecule has 1 fully saturated rings. The summed E-state index contributed by atoms with van der Waals surface area (Å²) in [6.45, 7) is 0.690. The van der Waals surface area contributed by atoms with E-state index in [0.717, 1.165) is 34.0 Å². The molecule has 8 heteroatoms. The molecular formula is C25H23F2N3O2S. The molecule has 1 N–H and O–H groups in total. The molecule has 33 heavy (non-hydrogen) atoms. The van der Waals surface area contributed by atoms with Crippen LogP contribution >= 0.6 is 11.8 Å². The predicted molar refractivity (Wildman–Crippen MR) is 124 cm³/mol. The van der Waals surface area contributed by atoms with E-state index in [1.165, 1.54) is 4.90 Å². The molecule has 0 spiro atoms. The highest BCUT2D eigenvalue weighted by atomic mass is 32.2. The first-order valence-electron chi connectivity index (χ1n) is 10.7. The van der Waals surface area contributed by atoms with Gasteiger partial charge in [-0.25, -0.2) is 8.78 Å². The van der Waals surface area contributed by atoms with E-state index < -0.39 is 17.5 Å². The smallest absolute Gasteiger partial charge is 0.256 e. The summed E-state index contributed by atoms with van der Waals surface area (Å²) in [4.78, 5) is 31.9. The molecule has 4 rings (SSSR count). The summed E-state index contributed by atoms with van der Waals surface area (Å²) in [6.07, 6.45) is 4.56. The normalized spacial score (nSPS) is 14.2. The van der Waals surface area contributed by atoms with Crippen LogP contribution in [0, 0.1) is 17.6 Å². The number of thioether (sulfide) groups is 1. The average molecular weight is 468 g/mol. The molecule has 3 aromatic rings. The van der Waals surface area contributed by atoms with Crippen molar-refractivity contribution in [3.8, 4) is 0 Å². The van der Waals surface area contributed by atoms with Gasteiger partial charge in [-0.2, -0.15) is 0 Å². The summed E-state index contributed by atoms with van der Waals surface area (Å²) in [5.41, 5.74) is 1.71. The van der Waals surface area contributed by atoms with E-state index in [-0.39, 0.29) is 17.4 Å². The molecule has 0 bridgehead atoms. The lowest BCUT2D eigenvalue weighted by molar-refractivity contribution is -0.121. The van der Waals surface area contributed by atoms with Crippen LogP contribution in [-0.2, 0) is 10.5 Å². The molecule has 0 unspecified atom stereocenters. The number of carbonyl (C=O) groups excluding carboxylic acids is 2. The predicted octanol–water partition coefficient (Wildman–Crippen LogP) is 5.14. The van der Waals surface area contributed by atoms with E-state index >= 15 is 0 Å². The minimum absolute atomic E-state index is 0.0918. The summed E-state index contributed by atoms with van der Waals surface area (Å²) >= 11 is 1.69. The molecule has 1 aromatic heterocycles. The van der Waals surface area contributed by atoms with Gasteiger partial charge in [-0.05, 0) is 60.9 Å². The fourth-order valence-electron chi connectivity index (χ4n) is 3.71. The van der Waals surface area contributed by atoms with Gasteiger partial charge in [0.15, 0.2) is 0 Å². The highest BCUT2D eigenvalue weighted by Gasteiger charge is 2.29. The quantitative estimate of drug-likeness (QED) is 0.510. The Bertz CT molecular complexity index is 1120. The van der Waals surface area contributed by atoms with Crippen molar-refractivity contribution in [1.29, 1.82) is 0 Å². The van der Waals surface area contributed by atoms with Crippen molar-refractivity contribution in [3.63, 3.8) is 0 Å². The van der Waals surface area contributed by atoms with Crippen LogP contribution in [0.1, 0.15) is 28.8 Å². The molecule has 2 heterocycles. The number of benzene rings is 2. The molecule has 0 aliphatic carbocycles. The standard InChI is InChI=1S/C25H23F2N3O2S/c26-19-3-8-22(23(27)14-19)25(32)30-12-9-18(10-13-30)24(31)29-20-4-6-21(7-5-20)33-16-17-2-1-11-28-15-17/h1-8,11,14-15,18H,9-10,12-13,16H2,(H,29,31). The van der Waals surface area contributed by atoms with Gasteiger partial charge in [0, 0.05) is 53.8 Å². The monoisotopic (exact) mass is 467 g/mol. The Hall–Kier alpha value is -3.26. The molecule has 0 atom stereocenters. The summed E-state index contributed by atoms with van der Waals surface area (Å²) in [5, 5.41) is 2.94. The first-order valence-corrected chi connectivity index (χ1v) is 11.6. The fourth-order valence-corrected chi connectivity index (χ4v) is 4.54. The second kappa shape index (κ2) is 10.6. The van der Waals surface area contributed by atoms with E-state index in [1.807, 2.05) is 42.6 Å². The molecule has 2 amide bonds. The highest BCUT2D eigenvalue weighted by molar-refractivity contribution is 7.98. The Morgan fingerprint density at radius 1 is 1.06 bits per heavy atom. The third-order valence-electron chi connectivity index (χ3n) is 5.56. The largest absolute Gasteiger partial charge is 0.339 e. The summed E-state index contributed by atoms with van der Waals surface area (Å²) < 4.78 is 27.0. The molecule has 1 aliphatic heterocycles. The lowest BCUT2D eigenvalue weighted by Gasteiger charge is -2.31. The number of pyridine rings is 1. The molecule has 0 saturated carbocycles. The Labute approximate surface area is 195 Å². The number of aromatic nitrogens is 1. The maximum absolute atomic E-state index is 13.9. The van der Waals surface area contributed by atoms with Crippen LogP contribution in [0.25, 0.3) is 0 Å². The van der Waals surface area contributed by atoms with Gasteiger partial charge in [-0.15, -0.1) is 11.8 Å². The molecule has 5 nitrogen and oxygen atoms in total. The number of halogens is 2. The number of nitrogens with one attached hydrogen (secondary N) is 1. The van der Waals surface area contributed by atoms with Crippen molar-refractivity contribution < 1.29 is 18.4 Å². The van der Waals surface area contributed by atoms with Crippen molar-refractivity contribution in [2.24, 2.45) is 5.92 Å². The van der Waals surface area contributed by atoms with Crippen LogP contribution in [0.2, 0.25) is 0 Å². The van der Waals surface area contributed by atoms with Gasteiger partial charge in [0.2, 0.25) is 5.91 Å². The topological polar surface area (TPSA) is 62.3 Å². The van der Waals surface area contributed by atoms with E-state index in [9.17, 15) is 18.4 Å². The minimum Gasteiger partial charge on any atom is -0.339 e. The van der Waals surface area contributed by atoms with Crippen LogP contribution in [-0.4, -0.2) is 34.8 Å². The Morgan fingerprint density at radius 2 is 1.82 bits per heavy atom. The van der Waals surface area contributed by atoms with E-state index in [0.29, 0.717) is 32.0 Å². The molecule has 170 valence electrons. The number of nitrogens with zero attached hydrogens (tertiary/aromatic N) is 2. The lowest BCUT2D eigenvalue weighted by Crippen LogP contribution is -2.41. The van der Waals surface area contributed by atoms with Crippen molar-refractivity contribution >= 4 is 29.3 Å². The van der Waals surface area contributed by atoms with Crippen LogP contribution < -0.4 is 5.32 Å². The van der Waals surface area contributed by atoms with Gasteiger partial charge >= 0.3 is 0 Å². The van der Waals surface area contributed by atoms with E-state index in [2.05, 4.69) is 10.3 Å². The second-order valence-corrected chi connectivity index (χ2v) is 8.90. The molecule has 1 aliphatic rings. The van der Waals surface area contributed by atoms with Crippen molar-refractivity contribution in [2.75, 3.05) is 18.4 Å². The second-order valence-electron chi connectivity index (χ2n) is 7.85. The average Bonchev–Trinajstić information content (AvgIpc) is 2.84. The van der Waals surface area contributed by atoms with Gasteiger partial charge in [0.25, 0.3) is 5.91 Å². The minimum atomic E-state index is -0.873. The Balaban J connectivity index is 1.26. The number of carbonyl (C=O) groups is 2. The fraction of sp³-hybridized carbons (Fsp3) is 0.240.